The van der Waals surface area contributed by atoms with Crippen molar-refractivity contribution in [1.82, 2.24) is 20.2 Å². The number of aliphatic hydroxyl groups is 1. The van der Waals surface area contributed by atoms with Gasteiger partial charge >= 0.3 is 0 Å². The molecular weight excluding hydrogens is 376 g/mol. The number of hydrogen-bond acceptors (Lipinski definition) is 4. The number of aromatic nitrogens is 2. The Hall–Kier alpha value is -2.96. The Morgan fingerprint density at radius 2 is 1.73 bits per heavy atom. The third kappa shape index (κ3) is 5.78. The first-order valence-electron chi connectivity index (χ1n) is 10.2. The largest absolute Gasteiger partial charge is 0.390 e. The Balaban J connectivity index is 1.70. The van der Waals surface area contributed by atoms with Crippen LogP contribution in [0.5, 0.6) is 0 Å². The fourth-order valence-corrected chi connectivity index (χ4v) is 3.38. The highest BCUT2D eigenvalue weighted by molar-refractivity contribution is 5.92. The van der Waals surface area contributed by atoms with E-state index in [0.29, 0.717) is 18.7 Å². The van der Waals surface area contributed by atoms with Gasteiger partial charge in [0.25, 0.3) is 5.91 Å². The molecule has 0 bridgehead atoms. The molecule has 30 heavy (non-hydrogen) atoms. The zero-order valence-corrected chi connectivity index (χ0v) is 17.7. The summed E-state index contributed by atoms with van der Waals surface area (Å²) in [4.78, 5) is 16.8. The average molecular weight is 407 g/mol. The molecule has 1 heterocycles. The van der Waals surface area contributed by atoms with Crippen molar-refractivity contribution in [3.05, 3.63) is 90.0 Å². The standard InChI is InChI=1S/C24H30N4O2/c1-24(2,19-12-8-5-9-13-19)26-15-22(29)20(14-18-10-6-4-7-11-18)27-23(30)21-16-28(3)17-25-21/h4-13,16-17,20,22,26,29H,14-15H2,1-3H3,(H,27,30)/t20-,22+/m0/s1. The van der Waals surface area contributed by atoms with Crippen molar-refractivity contribution in [2.45, 2.75) is 38.0 Å². The van der Waals surface area contributed by atoms with Gasteiger partial charge in [-0.25, -0.2) is 4.98 Å². The van der Waals surface area contributed by atoms with E-state index in [1.165, 1.54) is 0 Å². The first kappa shape index (κ1) is 21.7. The van der Waals surface area contributed by atoms with Crippen LogP contribution in [0.4, 0.5) is 0 Å². The van der Waals surface area contributed by atoms with Crippen LogP contribution in [0.25, 0.3) is 0 Å². The first-order valence-corrected chi connectivity index (χ1v) is 10.2. The quantitative estimate of drug-likeness (QED) is 0.510. The SMILES string of the molecule is Cn1cnc(C(=O)N[C@@H](Cc2ccccc2)[C@H](O)CNC(C)(C)c2ccccc2)c1. The van der Waals surface area contributed by atoms with Crippen LogP contribution in [0, 0.1) is 0 Å². The molecule has 1 amide bonds. The summed E-state index contributed by atoms with van der Waals surface area (Å²) < 4.78 is 1.72. The van der Waals surface area contributed by atoms with E-state index in [9.17, 15) is 9.90 Å². The lowest BCUT2D eigenvalue weighted by atomic mass is 9.93. The minimum absolute atomic E-state index is 0.294. The number of rotatable bonds is 9. The Labute approximate surface area is 178 Å². The number of nitrogens with one attached hydrogen (secondary N) is 2. The lowest BCUT2D eigenvalue weighted by Crippen LogP contribution is -2.51. The first-order chi connectivity index (χ1) is 14.3. The zero-order valence-electron chi connectivity index (χ0n) is 17.7. The van der Waals surface area contributed by atoms with Gasteiger partial charge < -0.3 is 20.3 Å². The number of benzene rings is 2. The summed E-state index contributed by atoms with van der Waals surface area (Å²) in [6, 6.07) is 19.5. The maximum atomic E-state index is 12.7. The summed E-state index contributed by atoms with van der Waals surface area (Å²) in [5.41, 5.74) is 2.20. The fraction of sp³-hybridized carbons (Fsp3) is 0.333. The second-order valence-electron chi connectivity index (χ2n) is 8.13. The summed E-state index contributed by atoms with van der Waals surface area (Å²) in [5, 5.41) is 17.4. The molecule has 0 radical (unpaired) electrons. The van der Waals surface area contributed by atoms with Gasteiger partial charge in [-0.05, 0) is 31.4 Å². The highest BCUT2D eigenvalue weighted by Crippen LogP contribution is 2.19. The molecule has 6 heteroatoms. The van der Waals surface area contributed by atoms with Crippen molar-refractivity contribution in [2.24, 2.45) is 7.05 Å². The van der Waals surface area contributed by atoms with Crippen LogP contribution in [-0.2, 0) is 19.0 Å². The normalized spacial score (nSPS) is 13.6. The van der Waals surface area contributed by atoms with Crippen molar-refractivity contribution in [1.29, 1.82) is 0 Å². The third-order valence-corrected chi connectivity index (χ3v) is 5.27. The monoisotopic (exact) mass is 406 g/mol. The van der Waals surface area contributed by atoms with E-state index in [-0.39, 0.29) is 11.4 Å². The molecule has 6 nitrogen and oxygen atoms in total. The van der Waals surface area contributed by atoms with Gasteiger partial charge in [0.05, 0.1) is 18.5 Å². The van der Waals surface area contributed by atoms with E-state index in [1.807, 2.05) is 55.6 Å². The predicted octanol–water partition coefficient (Wildman–Crippen LogP) is 2.65. The van der Waals surface area contributed by atoms with Gasteiger partial charge in [0.15, 0.2) is 0 Å². The lowest BCUT2D eigenvalue weighted by Gasteiger charge is -2.31. The van der Waals surface area contributed by atoms with Gasteiger partial charge in [0.1, 0.15) is 5.69 Å². The van der Waals surface area contributed by atoms with Crippen LogP contribution in [-0.4, -0.2) is 39.3 Å². The average Bonchev–Trinajstić information content (AvgIpc) is 3.19. The van der Waals surface area contributed by atoms with Gasteiger partial charge in [-0.2, -0.15) is 0 Å². The number of imidazole rings is 1. The zero-order chi connectivity index (χ0) is 21.6. The number of amides is 1. The Kier molecular flexibility index (Phi) is 7.03. The molecule has 1 aromatic heterocycles. The Morgan fingerprint density at radius 1 is 1.10 bits per heavy atom. The van der Waals surface area contributed by atoms with Gasteiger partial charge in [0.2, 0.25) is 0 Å². The van der Waals surface area contributed by atoms with Gasteiger partial charge in [-0.15, -0.1) is 0 Å². The molecule has 2 aromatic carbocycles. The molecule has 3 N–H and O–H groups in total. The minimum Gasteiger partial charge on any atom is -0.390 e. The summed E-state index contributed by atoms with van der Waals surface area (Å²) in [6.07, 6.45) is 2.99. The number of aliphatic hydroxyl groups excluding tert-OH is 1. The molecule has 0 aliphatic carbocycles. The number of carbonyl (C=O) groups excluding carboxylic acids is 1. The minimum atomic E-state index is -0.777. The number of carbonyl (C=O) groups is 1. The van der Waals surface area contributed by atoms with Crippen molar-refractivity contribution in [2.75, 3.05) is 6.54 Å². The van der Waals surface area contributed by atoms with E-state index in [2.05, 4.69) is 41.6 Å². The third-order valence-electron chi connectivity index (χ3n) is 5.27. The molecule has 3 aromatic rings. The highest BCUT2D eigenvalue weighted by atomic mass is 16.3. The second-order valence-corrected chi connectivity index (χ2v) is 8.13. The highest BCUT2D eigenvalue weighted by Gasteiger charge is 2.26. The van der Waals surface area contributed by atoms with Crippen molar-refractivity contribution in [3.8, 4) is 0 Å². The molecule has 0 saturated carbocycles. The maximum Gasteiger partial charge on any atom is 0.271 e. The number of aryl methyl sites for hydroxylation is 1. The Morgan fingerprint density at radius 3 is 2.33 bits per heavy atom. The van der Waals surface area contributed by atoms with Gasteiger partial charge in [-0.1, -0.05) is 60.7 Å². The second kappa shape index (κ2) is 9.69. The van der Waals surface area contributed by atoms with E-state index < -0.39 is 12.1 Å². The van der Waals surface area contributed by atoms with Crippen molar-refractivity contribution in [3.63, 3.8) is 0 Å². The van der Waals surface area contributed by atoms with Crippen molar-refractivity contribution >= 4 is 5.91 Å². The summed E-state index contributed by atoms with van der Waals surface area (Å²) in [5.74, 6) is -0.294. The molecule has 0 aliphatic heterocycles. The molecule has 0 saturated heterocycles. The van der Waals surface area contributed by atoms with Crippen LogP contribution >= 0.6 is 0 Å². The van der Waals surface area contributed by atoms with Crippen LogP contribution in [0.3, 0.4) is 0 Å². The molecule has 2 atom stereocenters. The number of nitrogens with zero attached hydrogens (tertiary/aromatic N) is 2. The summed E-state index contributed by atoms with van der Waals surface area (Å²) >= 11 is 0. The van der Waals surface area contributed by atoms with Crippen molar-refractivity contribution < 1.29 is 9.90 Å². The molecule has 0 aliphatic rings. The van der Waals surface area contributed by atoms with E-state index in [4.69, 9.17) is 0 Å². The predicted molar refractivity (Wildman–Crippen MR) is 118 cm³/mol. The van der Waals surface area contributed by atoms with Crippen LogP contribution in [0.15, 0.2) is 73.2 Å². The lowest BCUT2D eigenvalue weighted by molar-refractivity contribution is 0.0810. The molecule has 0 spiro atoms. The Bertz CT molecular complexity index is 938. The van der Waals surface area contributed by atoms with Gasteiger partial charge in [-0.3, -0.25) is 4.79 Å². The molecule has 0 fully saturated rings. The van der Waals surface area contributed by atoms with Crippen LogP contribution in [0.1, 0.15) is 35.5 Å². The van der Waals surface area contributed by atoms with E-state index in [0.717, 1.165) is 11.1 Å². The summed E-state index contributed by atoms with van der Waals surface area (Å²) in [6.45, 7) is 4.49. The van der Waals surface area contributed by atoms with Gasteiger partial charge in [0, 0.05) is 25.3 Å². The smallest absolute Gasteiger partial charge is 0.271 e. The topological polar surface area (TPSA) is 79.2 Å². The molecule has 0 unspecified atom stereocenters. The van der Waals surface area contributed by atoms with E-state index >= 15 is 0 Å². The van der Waals surface area contributed by atoms with E-state index in [1.54, 1.807) is 17.1 Å². The van der Waals surface area contributed by atoms with Crippen LogP contribution < -0.4 is 10.6 Å². The summed E-state index contributed by atoms with van der Waals surface area (Å²) in [7, 11) is 1.82. The molecule has 158 valence electrons. The fourth-order valence-electron chi connectivity index (χ4n) is 3.38. The maximum absolute atomic E-state index is 12.7. The number of hydrogen-bond donors (Lipinski definition) is 3. The molecular formula is C24H30N4O2. The molecule has 3 rings (SSSR count). The van der Waals surface area contributed by atoms with Crippen LogP contribution in [0.2, 0.25) is 0 Å².